The van der Waals surface area contributed by atoms with Crippen LogP contribution in [0.2, 0.25) is 0 Å². The van der Waals surface area contributed by atoms with Crippen LogP contribution in [0, 0.1) is 6.92 Å². The highest BCUT2D eigenvalue weighted by atomic mass is 32.1. The van der Waals surface area contributed by atoms with Gasteiger partial charge in [0.2, 0.25) is 0 Å². The molecule has 0 aromatic carbocycles. The molecule has 2 aromatic heterocycles. The highest BCUT2D eigenvalue weighted by Gasteiger charge is 2.18. The summed E-state index contributed by atoms with van der Waals surface area (Å²) in [4.78, 5) is 39.8. The molecule has 6 heteroatoms. The maximum absolute atomic E-state index is 12.2. The molecule has 0 aliphatic heterocycles. The number of aromatic nitrogens is 2. The van der Waals surface area contributed by atoms with Gasteiger partial charge in [0.1, 0.15) is 0 Å². The van der Waals surface area contributed by atoms with Crippen molar-refractivity contribution >= 4 is 17.1 Å². The van der Waals surface area contributed by atoms with Gasteiger partial charge in [-0.25, -0.2) is 4.79 Å². The van der Waals surface area contributed by atoms with Crippen molar-refractivity contribution in [1.29, 1.82) is 0 Å². The Morgan fingerprint density at radius 2 is 2.05 bits per heavy atom. The van der Waals surface area contributed by atoms with E-state index in [0.717, 1.165) is 14.3 Å². The monoisotopic (exact) mass is 278 g/mol. The number of thiophene rings is 1. The minimum absolute atomic E-state index is 0.000252. The van der Waals surface area contributed by atoms with Gasteiger partial charge in [0.05, 0.1) is 11.6 Å². The van der Waals surface area contributed by atoms with Gasteiger partial charge in [0, 0.05) is 16.0 Å². The molecule has 2 heterocycles. The van der Waals surface area contributed by atoms with Crippen LogP contribution in [0.25, 0.3) is 0 Å². The second kappa shape index (κ2) is 4.97. The van der Waals surface area contributed by atoms with Gasteiger partial charge in [0.15, 0.2) is 5.78 Å². The average molecular weight is 278 g/mol. The summed E-state index contributed by atoms with van der Waals surface area (Å²) in [6.07, 6.45) is 1.18. The Morgan fingerprint density at radius 1 is 1.37 bits per heavy atom. The normalized spacial score (nSPS) is 12.4. The van der Waals surface area contributed by atoms with E-state index in [4.69, 9.17) is 0 Å². The molecule has 0 fully saturated rings. The molecule has 0 amide bonds. The Labute approximate surface area is 113 Å². The third-order valence-corrected chi connectivity index (χ3v) is 4.12. The van der Waals surface area contributed by atoms with Crippen LogP contribution in [0.5, 0.6) is 0 Å². The molecular formula is C13H14N2O3S. The summed E-state index contributed by atoms with van der Waals surface area (Å²) in [5.41, 5.74) is -1.05. The molecule has 0 radical (unpaired) electrons. The van der Waals surface area contributed by atoms with E-state index < -0.39 is 17.3 Å². The number of hydrogen-bond acceptors (Lipinski definition) is 4. The third kappa shape index (κ3) is 2.44. The Hall–Kier alpha value is -1.95. The number of carbonyl (C=O) groups excluding carboxylic acids is 1. The van der Waals surface area contributed by atoms with Crippen molar-refractivity contribution in [3.05, 3.63) is 54.5 Å². The fourth-order valence-electron chi connectivity index (χ4n) is 1.90. The number of hydrogen-bond donors (Lipinski definition) is 1. The Balaban J connectivity index is 2.62. The highest BCUT2D eigenvalue weighted by molar-refractivity contribution is 7.12. The van der Waals surface area contributed by atoms with Crippen LogP contribution in [-0.4, -0.2) is 15.3 Å². The van der Waals surface area contributed by atoms with Crippen molar-refractivity contribution in [2.45, 2.75) is 26.8 Å². The summed E-state index contributed by atoms with van der Waals surface area (Å²) in [5.74, 6) is -0.357. The number of nitrogens with one attached hydrogen (secondary N) is 1. The fourth-order valence-corrected chi connectivity index (χ4v) is 2.82. The van der Waals surface area contributed by atoms with Crippen LogP contribution in [0.15, 0.2) is 27.9 Å². The van der Waals surface area contributed by atoms with Gasteiger partial charge in [-0.15, -0.1) is 11.3 Å². The molecule has 19 heavy (non-hydrogen) atoms. The number of H-pyrrole nitrogens is 1. The first kappa shape index (κ1) is 13.5. The van der Waals surface area contributed by atoms with Gasteiger partial charge in [0.25, 0.3) is 5.56 Å². The molecule has 5 nitrogen and oxygen atoms in total. The number of rotatable bonds is 3. The van der Waals surface area contributed by atoms with Gasteiger partial charge in [-0.2, -0.15) is 0 Å². The van der Waals surface area contributed by atoms with Crippen LogP contribution in [0.1, 0.15) is 40.0 Å². The summed E-state index contributed by atoms with van der Waals surface area (Å²) >= 11 is 1.52. The zero-order valence-electron chi connectivity index (χ0n) is 10.9. The lowest BCUT2D eigenvalue weighted by Gasteiger charge is -2.12. The minimum atomic E-state index is -0.546. The molecule has 0 saturated carbocycles. The van der Waals surface area contributed by atoms with Gasteiger partial charge in [-0.05, 0) is 32.9 Å². The predicted octanol–water partition coefficient (Wildman–Crippen LogP) is 1.72. The number of ketones is 1. The lowest BCUT2D eigenvalue weighted by molar-refractivity contribution is 0.101. The molecular weight excluding hydrogens is 264 g/mol. The number of aryl methyl sites for hydroxylation is 1. The summed E-state index contributed by atoms with van der Waals surface area (Å²) in [6, 6.07) is 3.43. The maximum atomic E-state index is 12.2. The zero-order chi connectivity index (χ0) is 14.2. The largest absolute Gasteiger partial charge is 0.328 e. The van der Waals surface area contributed by atoms with Gasteiger partial charge in [-0.3, -0.25) is 14.2 Å². The van der Waals surface area contributed by atoms with Gasteiger partial charge >= 0.3 is 5.69 Å². The van der Waals surface area contributed by atoms with E-state index >= 15 is 0 Å². The second-order valence-corrected chi connectivity index (χ2v) is 5.68. The van der Waals surface area contributed by atoms with E-state index in [0.29, 0.717) is 0 Å². The van der Waals surface area contributed by atoms with E-state index in [-0.39, 0.29) is 11.3 Å². The van der Waals surface area contributed by atoms with Gasteiger partial charge in [-0.1, -0.05) is 0 Å². The Bertz CT molecular complexity index is 739. The standard InChI is InChI=1S/C13H14N2O3S/c1-7-4-5-11(19-7)8(2)15-12(17)10(9(3)16)6-14-13(15)18/h4-6,8H,1-3H3,(H,14,18). The number of nitrogens with zero attached hydrogens (tertiary/aromatic N) is 1. The minimum Gasteiger partial charge on any atom is -0.313 e. The molecule has 2 rings (SSSR count). The molecule has 1 unspecified atom stereocenters. The van der Waals surface area contributed by atoms with E-state index in [1.165, 1.54) is 24.5 Å². The second-order valence-electron chi connectivity index (χ2n) is 4.36. The Kier molecular flexibility index (Phi) is 3.53. The topological polar surface area (TPSA) is 71.9 Å². The SMILES string of the molecule is CC(=O)c1c[nH]c(=O)n(C(C)c2ccc(C)s2)c1=O. The molecule has 0 saturated heterocycles. The molecule has 1 N–H and O–H groups in total. The molecule has 0 bridgehead atoms. The van der Waals surface area contributed by atoms with Crippen LogP contribution >= 0.6 is 11.3 Å². The molecule has 0 aliphatic carbocycles. The van der Waals surface area contributed by atoms with Crippen LogP contribution in [0.3, 0.4) is 0 Å². The van der Waals surface area contributed by atoms with Crippen molar-refractivity contribution in [1.82, 2.24) is 9.55 Å². The first-order valence-electron chi connectivity index (χ1n) is 5.83. The van der Waals surface area contributed by atoms with Gasteiger partial charge < -0.3 is 4.98 Å². The summed E-state index contributed by atoms with van der Waals surface area (Å²) in [6.45, 7) is 5.03. The smallest absolute Gasteiger partial charge is 0.313 e. The van der Waals surface area contributed by atoms with Crippen LogP contribution < -0.4 is 11.2 Å². The van der Waals surface area contributed by atoms with Crippen LogP contribution in [0.4, 0.5) is 0 Å². The molecule has 0 aliphatic rings. The first-order valence-corrected chi connectivity index (χ1v) is 6.65. The molecule has 0 spiro atoms. The lowest BCUT2D eigenvalue weighted by Crippen LogP contribution is -2.39. The van der Waals surface area contributed by atoms with Crippen molar-refractivity contribution in [3.63, 3.8) is 0 Å². The quantitative estimate of drug-likeness (QED) is 0.869. The summed E-state index contributed by atoms with van der Waals surface area (Å²) in [5, 5.41) is 0. The number of Topliss-reactive ketones (excluding diaryl/α,β-unsaturated/α-hetero) is 1. The zero-order valence-corrected chi connectivity index (χ0v) is 11.7. The highest BCUT2D eigenvalue weighted by Crippen LogP contribution is 2.23. The summed E-state index contributed by atoms with van der Waals surface area (Å²) in [7, 11) is 0. The molecule has 2 aromatic rings. The number of carbonyl (C=O) groups is 1. The molecule has 1 atom stereocenters. The van der Waals surface area contributed by atoms with E-state index in [1.54, 1.807) is 6.92 Å². The average Bonchev–Trinajstić information content (AvgIpc) is 2.75. The van der Waals surface area contributed by atoms with Crippen molar-refractivity contribution in [2.75, 3.05) is 0 Å². The fraction of sp³-hybridized carbons (Fsp3) is 0.308. The van der Waals surface area contributed by atoms with E-state index in [2.05, 4.69) is 4.98 Å². The first-order chi connectivity index (χ1) is 8.91. The predicted molar refractivity (Wildman–Crippen MR) is 74.2 cm³/mol. The van der Waals surface area contributed by atoms with Crippen molar-refractivity contribution < 1.29 is 4.79 Å². The van der Waals surface area contributed by atoms with Crippen molar-refractivity contribution in [2.24, 2.45) is 0 Å². The Morgan fingerprint density at radius 3 is 2.58 bits per heavy atom. The lowest BCUT2D eigenvalue weighted by atomic mass is 10.2. The summed E-state index contributed by atoms with van der Waals surface area (Å²) < 4.78 is 1.09. The third-order valence-electron chi connectivity index (χ3n) is 2.95. The maximum Gasteiger partial charge on any atom is 0.328 e. The van der Waals surface area contributed by atoms with E-state index in [9.17, 15) is 14.4 Å². The number of aromatic amines is 1. The van der Waals surface area contributed by atoms with E-state index in [1.807, 2.05) is 19.1 Å². The van der Waals surface area contributed by atoms with Crippen molar-refractivity contribution in [3.8, 4) is 0 Å². The van der Waals surface area contributed by atoms with Crippen LogP contribution in [-0.2, 0) is 0 Å². The molecule has 100 valence electrons.